The first kappa shape index (κ1) is 9.79. The monoisotopic (exact) mass is 206 g/mol. The van der Waals surface area contributed by atoms with Crippen LogP contribution in [0, 0.1) is 5.82 Å². The zero-order chi connectivity index (χ0) is 10.8. The number of nitrogens with zero attached hydrogens (tertiary/aromatic N) is 3. The van der Waals surface area contributed by atoms with Gasteiger partial charge >= 0.3 is 0 Å². The summed E-state index contributed by atoms with van der Waals surface area (Å²) in [5.74, 6) is -0.307. The fourth-order valence-electron chi connectivity index (χ4n) is 1.36. The molecule has 1 aromatic carbocycles. The number of halogens is 1. The van der Waals surface area contributed by atoms with E-state index in [-0.39, 0.29) is 11.9 Å². The van der Waals surface area contributed by atoms with Gasteiger partial charge < -0.3 is 5.73 Å². The fraction of sp³-hybridized carbons (Fsp3) is 0.200. The summed E-state index contributed by atoms with van der Waals surface area (Å²) in [6.07, 6.45) is 1.58. The van der Waals surface area contributed by atoms with Crippen molar-refractivity contribution in [1.29, 1.82) is 0 Å². The minimum absolute atomic E-state index is 0.191. The maximum Gasteiger partial charge on any atom is 0.125 e. The topological polar surface area (TPSA) is 56.7 Å². The van der Waals surface area contributed by atoms with Gasteiger partial charge in [0.1, 0.15) is 5.82 Å². The Hall–Kier alpha value is -1.75. The first-order valence-electron chi connectivity index (χ1n) is 4.60. The normalized spacial score (nSPS) is 12.7. The largest absolute Gasteiger partial charge is 0.323 e. The van der Waals surface area contributed by atoms with Crippen LogP contribution in [-0.4, -0.2) is 15.0 Å². The molecule has 2 aromatic rings. The van der Waals surface area contributed by atoms with Crippen molar-refractivity contribution in [3.63, 3.8) is 0 Å². The van der Waals surface area contributed by atoms with Crippen molar-refractivity contribution < 1.29 is 4.39 Å². The van der Waals surface area contributed by atoms with Crippen LogP contribution in [0.2, 0.25) is 0 Å². The van der Waals surface area contributed by atoms with Gasteiger partial charge in [-0.05, 0) is 25.1 Å². The van der Waals surface area contributed by atoms with E-state index in [2.05, 4.69) is 10.3 Å². The number of rotatable bonds is 2. The summed E-state index contributed by atoms with van der Waals surface area (Å²) < 4.78 is 14.5. The summed E-state index contributed by atoms with van der Waals surface area (Å²) in [4.78, 5) is 0. The van der Waals surface area contributed by atoms with Crippen LogP contribution in [0.1, 0.15) is 18.7 Å². The molecule has 78 valence electrons. The average Bonchev–Trinajstić information content (AvgIpc) is 2.65. The van der Waals surface area contributed by atoms with E-state index >= 15 is 0 Å². The Morgan fingerprint density at radius 2 is 2.27 bits per heavy atom. The van der Waals surface area contributed by atoms with E-state index in [0.29, 0.717) is 5.69 Å². The lowest BCUT2D eigenvalue weighted by atomic mass is 10.2. The highest BCUT2D eigenvalue weighted by molar-refractivity contribution is 5.32. The molecule has 2 N–H and O–H groups in total. The molecule has 0 aliphatic carbocycles. The molecular formula is C10H11FN4. The second-order valence-corrected chi connectivity index (χ2v) is 3.34. The number of hydrogen-bond acceptors (Lipinski definition) is 3. The molecule has 1 aromatic heterocycles. The molecule has 0 amide bonds. The van der Waals surface area contributed by atoms with E-state index in [1.165, 1.54) is 16.8 Å². The highest BCUT2D eigenvalue weighted by Gasteiger charge is 2.09. The van der Waals surface area contributed by atoms with Gasteiger partial charge in [0.2, 0.25) is 0 Å². The molecule has 0 bridgehead atoms. The SMILES string of the molecule is CC(N)c1cnnn1-c1cccc(F)c1. The van der Waals surface area contributed by atoms with Gasteiger partial charge in [0.25, 0.3) is 0 Å². The quantitative estimate of drug-likeness (QED) is 0.808. The molecule has 1 atom stereocenters. The Labute approximate surface area is 86.5 Å². The van der Waals surface area contributed by atoms with Crippen molar-refractivity contribution >= 4 is 0 Å². The lowest BCUT2D eigenvalue weighted by Gasteiger charge is -2.08. The molecule has 0 spiro atoms. The van der Waals surface area contributed by atoms with Crippen LogP contribution in [0.15, 0.2) is 30.5 Å². The first-order valence-corrected chi connectivity index (χ1v) is 4.60. The average molecular weight is 206 g/mol. The summed E-state index contributed by atoms with van der Waals surface area (Å²) in [6, 6.07) is 5.95. The molecule has 0 radical (unpaired) electrons. The van der Waals surface area contributed by atoms with Crippen LogP contribution in [0.5, 0.6) is 0 Å². The highest BCUT2D eigenvalue weighted by atomic mass is 19.1. The van der Waals surface area contributed by atoms with Gasteiger partial charge in [-0.25, -0.2) is 9.07 Å². The summed E-state index contributed by atoms with van der Waals surface area (Å²) in [5, 5.41) is 7.63. The number of nitrogens with two attached hydrogens (primary N) is 1. The standard InChI is InChI=1S/C10H11FN4/c1-7(12)10-6-13-14-15(10)9-4-2-3-8(11)5-9/h2-7H,12H2,1H3. The van der Waals surface area contributed by atoms with Gasteiger partial charge in [-0.3, -0.25) is 0 Å². The zero-order valence-electron chi connectivity index (χ0n) is 8.26. The zero-order valence-corrected chi connectivity index (χ0v) is 8.26. The van der Waals surface area contributed by atoms with Crippen LogP contribution >= 0.6 is 0 Å². The van der Waals surface area contributed by atoms with Gasteiger partial charge in [-0.1, -0.05) is 11.3 Å². The smallest absolute Gasteiger partial charge is 0.125 e. The van der Waals surface area contributed by atoms with E-state index in [4.69, 9.17) is 5.73 Å². The molecule has 0 aliphatic rings. The maximum absolute atomic E-state index is 13.0. The maximum atomic E-state index is 13.0. The van der Waals surface area contributed by atoms with Gasteiger partial charge in [-0.15, -0.1) is 5.10 Å². The lowest BCUT2D eigenvalue weighted by molar-refractivity contribution is 0.622. The van der Waals surface area contributed by atoms with E-state index in [1.54, 1.807) is 18.3 Å². The van der Waals surface area contributed by atoms with Crippen LogP contribution < -0.4 is 5.73 Å². The van der Waals surface area contributed by atoms with Crippen LogP contribution in [0.3, 0.4) is 0 Å². The van der Waals surface area contributed by atoms with Gasteiger partial charge in [0, 0.05) is 6.04 Å². The predicted octanol–water partition coefficient (Wildman–Crippen LogP) is 1.43. The van der Waals surface area contributed by atoms with Crippen LogP contribution in [0.25, 0.3) is 5.69 Å². The molecule has 1 heterocycles. The number of benzene rings is 1. The van der Waals surface area contributed by atoms with E-state index < -0.39 is 0 Å². The summed E-state index contributed by atoms with van der Waals surface area (Å²) in [5.41, 5.74) is 7.12. The predicted molar refractivity (Wildman–Crippen MR) is 53.9 cm³/mol. The van der Waals surface area contributed by atoms with Crippen LogP contribution in [0.4, 0.5) is 4.39 Å². The highest BCUT2D eigenvalue weighted by Crippen LogP contribution is 2.14. The van der Waals surface area contributed by atoms with Crippen molar-refractivity contribution in [2.75, 3.05) is 0 Å². The molecule has 4 nitrogen and oxygen atoms in total. The van der Waals surface area contributed by atoms with Crippen molar-refractivity contribution in [1.82, 2.24) is 15.0 Å². The van der Waals surface area contributed by atoms with E-state index in [0.717, 1.165) is 5.69 Å². The minimum Gasteiger partial charge on any atom is -0.323 e. The molecular weight excluding hydrogens is 195 g/mol. The Bertz CT molecular complexity index is 464. The Morgan fingerprint density at radius 3 is 2.93 bits per heavy atom. The summed E-state index contributed by atoms with van der Waals surface area (Å²) in [7, 11) is 0. The molecule has 15 heavy (non-hydrogen) atoms. The second-order valence-electron chi connectivity index (χ2n) is 3.34. The second kappa shape index (κ2) is 3.78. The van der Waals surface area contributed by atoms with Crippen LogP contribution in [-0.2, 0) is 0 Å². The van der Waals surface area contributed by atoms with Gasteiger partial charge in [0.05, 0.1) is 17.6 Å². The third-order valence-corrected chi connectivity index (χ3v) is 2.09. The number of hydrogen-bond donors (Lipinski definition) is 1. The number of aromatic nitrogens is 3. The fourth-order valence-corrected chi connectivity index (χ4v) is 1.36. The molecule has 0 fully saturated rings. The first-order chi connectivity index (χ1) is 7.18. The molecule has 0 saturated carbocycles. The Kier molecular flexibility index (Phi) is 2.47. The minimum atomic E-state index is -0.307. The van der Waals surface area contributed by atoms with Gasteiger partial charge in [0.15, 0.2) is 0 Å². The van der Waals surface area contributed by atoms with E-state index in [1.807, 2.05) is 6.92 Å². The summed E-state index contributed by atoms with van der Waals surface area (Å²) in [6.45, 7) is 1.83. The molecule has 2 rings (SSSR count). The van der Waals surface area contributed by atoms with Gasteiger partial charge in [-0.2, -0.15) is 0 Å². The molecule has 1 unspecified atom stereocenters. The Balaban J connectivity index is 2.49. The summed E-state index contributed by atoms with van der Waals surface area (Å²) >= 11 is 0. The third-order valence-electron chi connectivity index (χ3n) is 2.09. The molecule has 0 aliphatic heterocycles. The molecule has 0 saturated heterocycles. The van der Waals surface area contributed by atoms with Crippen molar-refractivity contribution in [3.8, 4) is 5.69 Å². The van der Waals surface area contributed by atoms with Crippen molar-refractivity contribution in [2.24, 2.45) is 5.73 Å². The lowest BCUT2D eigenvalue weighted by Crippen LogP contribution is -2.12. The van der Waals surface area contributed by atoms with Crippen molar-refractivity contribution in [3.05, 3.63) is 42.0 Å². The third kappa shape index (κ3) is 1.87. The Morgan fingerprint density at radius 1 is 1.47 bits per heavy atom. The van der Waals surface area contributed by atoms with Crippen molar-refractivity contribution in [2.45, 2.75) is 13.0 Å². The van der Waals surface area contributed by atoms with E-state index in [9.17, 15) is 4.39 Å². The molecule has 5 heteroatoms.